The summed E-state index contributed by atoms with van der Waals surface area (Å²) in [7, 11) is 1.99. The van der Waals surface area contributed by atoms with Gasteiger partial charge in [0.15, 0.2) is 0 Å². The van der Waals surface area contributed by atoms with Gasteiger partial charge in [-0.15, -0.1) is 0 Å². The van der Waals surface area contributed by atoms with E-state index >= 15 is 0 Å². The average Bonchev–Trinajstić information content (AvgIpc) is 2.33. The van der Waals surface area contributed by atoms with E-state index in [2.05, 4.69) is 28.2 Å². The second-order valence-electron chi connectivity index (χ2n) is 4.53. The van der Waals surface area contributed by atoms with Crippen molar-refractivity contribution in [3.8, 4) is 0 Å². The molecule has 1 aromatic heterocycles. The maximum absolute atomic E-state index is 4.39. The molecular weight excluding hydrogens is 198 g/mol. The van der Waals surface area contributed by atoms with Gasteiger partial charge in [-0.25, -0.2) is 0 Å². The summed E-state index contributed by atoms with van der Waals surface area (Å²) in [4.78, 5) is 6.89. The van der Waals surface area contributed by atoms with Crippen LogP contribution in [0.25, 0.3) is 0 Å². The van der Waals surface area contributed by atoms with E-state index in [9.17, 15) is 0 Å². The minimum Gasteiger partial charge on any atom is -0.371 e. The molecule has 88 valence electrons. The molecule has 0 aromatic carbocycles. The van der Waals surface area contributed by atoms with Gasteiger partial charge in [0, 0.05) is 42.8 Å². The molecule has 1 aliphatic heterocycles. The van der Waals surface area contributed by atoms with Gasteiger partial charge in [0.25, 0.3) is 0 Å². The smallest absolute Gasteiger partial charge is 0.0445 e. The lowest BCUT2D eigenvalue weighted by Crippen LogP contribution is -2.30. The molecule has 1 aliphatic rings. The van der Waals surface area contributed by atoms with Crippen LogP contribution in [0.1, 0.15) is 30.5 Å². The fourth-order valence-electron chi connectivity index (χ4n) is 2.33. The van der Waals surface area contributed by atoms with E-state index in [0.717, 1.165) is 12.2 Å². The van der Waals surface area contributed by atoms with Crippen molar-refractivity contribution in [3.05, 3.63) is 23.5 Å². The van der Waals surface area contributed by atoms with Gasteiger partial charge in [-0.3, -0.25) is 4.98 Å². The highest BCUT2D eigenvalue weighted by molar-refractivity contribution is 5.53. The number of hydrogen-bond donors (Lipinski definition) is 1. The number of aryl methyl sites for hydroxylation is 1. The van der Waals surface area contributed by atoms with Crippen molar-refractivity contribution in [2.75, 3.05) is 25.0 Å². The van der Waals surface area contributed by atoms with Crippen molar-refractivity contribution in [1.82, 2.24) is 10.3 Å². The topological polar surface area (TPSA) is 28.2 Å². The predicted octanol–water partition coefficient (Wildman–Crippen LogP) is 2.10. The lowest BCUT2D eigenvalue weighted by Gasteiger charge is -2.30. The largest absolute Gasteiger partial charge is 0.371 e. The Kier molecular flexibility index (Phi) is 3.78. The first-order valence-electron chi connectivity index (χ1n) is 6.16. The molecule has 2 rings (SSSR count). The van der Waals surface area contributed by atoms with Gasteiger partial charge < -0.3 is 10.2 Å². The summed E-state index contributed by atoms with van der Waals surface area (Å²) < 4.78 is 0. The molecule has 3 heteroatoms. The Morgan fingerprint density at radius 2 is 2.06 bits per heavy atom. The van der Waals surface area contributed by atoms with E-state index in [1.165, 1.54) is 43.6 Å². The number of nitrogens with zero attached hydrogens (tertiary/aromatic N) is 2. The van der Waals surface area contributed by atoms with E-state index in [-0.39, 0.29) is 0 Å². The number of nitrogens with one attached hydrogen (secondary N) is 1. The molecule has 0 bridgehead atoms. The SMILES string of the molecule is CNCc1cnc(C)cc1N1CCCCC1. The van der Waals surface area contributed by atoms with Crippen LogP contribution in [0.3, 0.4) is 0 Å². The highest BCUT2D eigenvalue weighted by Gasteiger charge is 2.14. The first-order chi connectivity index (χ1) is 7.81. The van der Waals surface area contributed by atoms with Crippen LogP contribution in [-0.2, 0) is 6.54 Å². The van der Waals surface area contributed by atoms with E-state index in [1.807, 2.05) is 13.2 Å². The molecule has 3 nitrogen and oxygen atoms in total. The van der Waals surface area contributed by atoms with Crippen molar-refractivity contribution >= 4 is 5.69 Å². The summed E-state index contributed by atoms with van der Waals surface area (Å²) in [5.41, 5.74) is 3.80. The quantitative estimate of drug-likeness (QED) is 0.844. The van der Waals surface area contributed by atoms with Crippen LogP contribution < -0.4 is 10.2 Å². The van der Waals surface area contributed by atoms with Gasteiger partial charge >= 0.3 is 0 Å². The maximum Gasteiger partial charge on any atom is 0.0445 e. The minimum absolute atomic E-state index is 0.902. The average molecular weight is 219 g/mol. The van der Waals surface area contributed by atoms with Crippen molar-refractivity contribution in [2.45, 2.75) is 32.7 Å². The predicted molar refractivity (Wildman–Crippen MR) is 67.8 cm³/mol. The highest BCUT2D eigenvalue weighted by Crippen LogP contribution is 2.24. The number of piperidine rings is 1. The lowest BCUT2D eigenvalue weighted by molar-refractivity contribution is 0.575. The normalized spacial score (nSPS) is 16.5. The third kappa shape index (κ3) is 2.53. The van der Waals surface area contributed by atoms with Crippen LogP contribution in [-0.4, -0.2) is 25.1 Å². The second-order valence-corrected chi connectivity index (χ2v) is 4.53. The van der Waals surface area contributed by atoms with Crippen LogP contribution in [0.2, 0.25) is 0 Å². The fraction of sp³-hybridized carbons (Fsp3) is 0.615. The standard InChI is InChI=1S/C13H21N3/c1-11-8-13(12(9-14-2)10-15-11)16-6-4-3-5-7-16/h8,10,14H,3-7,9H2,1-2H3. The van der Waals surface area contributed by atoms with E-state index in [4.69, 9.17) is 0 Å². The van der Waals surface area contributed by atoms with Gasteiger partial charge in [0.1, 0.15) is 0 Å². The Morgan fingerprint density at radius 3 is 2.75 bits per heavy atom. The molecule has 0 atom stereocenters. The molecule has 0 saturated carbocycles. The van der Waals surface area contributed by atoms with Crippen molar-refractivity contribution in [1.29, 1.82) is 0 Å². The highest BCUT2D eigenvalue weighted by atomic mass is 15.1. The zero-order valence-corrected chi connectivity index (χ0v) is 10.3. The van der Waals surface area contributed by atoms with E-state index < -0.39 is 0 Å². The molecule has 0 unspecified atom stereocenters. The molecule has 1 fully saturated rings. The van der Waals surface area contributed by atoms with Crippen LogP contribution in [0.4, 0.5) is 5.69 Å². The molecule has 1 saturated heterocycles. The second kappa shape index (κ2) is 5.30. The first kappa shape index (κ1) is 11.4. The number of pyridine rings is 1. The summed E-state index contributed by atoms with van der Waals surface area (Å²) >= 11 is 0. The van der Waals surface area contributed by atoms with Crippen molar-refractivity contribution in [2.24, 2.45) is 0 Å². The number of hydrogen-bond acceptors (Lipinski definition) is 3. The third-order valence-electron chi connectivity index (χ3n) is 3.16. The van der Waals surface area contributed by atoms with Gasteiger partial charge in [0.2, 0.25) is 0 Å². The van der Waals surface area contributed by atoms with E-state index in [1.54, 1.807) is 0 Å². The van der Waals surface area contributed by atoms with Gasteiger partial charge in [-0.2, -0.15) is 0 Å². The molecule has 0 amide bonds. The van der Waals surface area contributed by atoms with Gasteiger partial charge in [0.05, 0.1) is 0 Å². The van der Waals surface area contributed by atoms with Crippen molar-refractivity contribution < 1.29 is 0 Å². The maximum atomic E-state index is 4.39. The number of rotatable bonds is 3. The van der Waals surface area contributed by atoms with Crippen LogP contribution in [0.15, 0.2) is 12.3 Å². The monoisotopic (exact) mass is 219 g/mol. The lowest BCUT2D eigenvalue weighted by atomic mass is 10.1. The summed E-state index contributed by atoms with van der Waals surface area (Å²) in [6.07, 6.45) is 6.03. The summed E-state index contributed by atoms with van der Waals surface area (Å²) in [5, 5.41) is 3.22. The van der Waals surface area contributed by atoms with Gasteiger partial charge in [-0.05, 0) is 39.3 Å². The molecule has 0 spiro atoms. The fourth-order valence-corrected chi connectivity index (χ4v) is 2.33. The van der Waals surface area contributed by atoms with Crippen LogP contribution in [0.5, 0.6) is 0 Å². The summed E-state index contributed by atoms with van der Waals surface area (Å²) in [5.74, 6) is 0. The number of aromatic nitrogens is 1. The zero-order valence-electron chi connectivity index (χ0n) is 10.3. The minimum atomic E-state index is 0.902. The Morgan fingerprint density at radius 1 is 1.31 bits per heavy atom. The summed E-state index contributed by atoms with van der Waals surface area (Å²) in [6.45, 7) is 5.36. The van der Waals surface area contributed by atoms with Crippen molar-refractivity contribution in [3.63, 3.8) is 0 Å². The zero-order chi connectivity index (χ0) is 11.4. The Labute approximate surface area is 97.9 Å². The molecule has 0 aliphatic carbocycles. The van der Waals surface area contributed by atoms with E-state index in [0.29, 0.717) is 0 Å². The first-order valence-corrected chi connectivity index (χ1v) is 6.16. The Bertz CT molecular complexity index is 343. The third-order valence-corrected chi connectivity index (χ3v) is 3.16. The van der Waals surface area contributed by atoms with Crippen LogP contribution in [0, 0.1) is 6.92 Å². The van der Waals surface area contributed by atoms with Gasteiger partial charge in [-0.1, -0.05) is 0 Å². The summed E-state index contributed by atoms with van der Waals surface area (Å²) in [6, 6.07) is 2.22. The number of anilines is 1. The Balaban J connectivity index is 2.24. The van der Waals surface area contributed by atoms with Crippen LogP contribution >= 0.6 is 0 Å². The molecule has 16 heavy (non-hydrogen) atoms. The molecule has 0 radical (unpaired) electrons. The molecule has 1 aromatic rings. The molecule has 1 N–H and O–H groups in total. The Hall–Kier alpha value is -1.09. The molecule has 2 heterocycles. The molecular formula is C13H21N3.